The fourth-order valence-electron chi connectivity index (χ4n) is 5.04. The standard InChI is InChI=1S/C20H28N8O2/c1-3-26-13-22-24-17(26)16(18(29)23-20-8-14(9-20)10-20)27-4-6-28(7-5-27)19(30)15-11-21-12-25(15)2/h11-14,16H,3-10H2,1-2H3,(H,23,29). The lowest BCUT2D eigenvalue weighted by Crippen LogP contribution is -2.69. The number of nitrogens with one attached hydrogen (secondary N) is 1. The van der Waals surface area contributed by atoms with Crippen molar-refractivity contribution in [3.63, 3.8) is 0 Å². The van der Waals surface area contributed by atoms with Crippen LogP contribution in [0, 0.1) is 5.92 Å². The quantitative estimate of drug-likeness (QED) is 0.727. The topological polar surface area (TPSA) is 101 Å². The predicted octanol–water partition coefficient (Wildman–Crippen LogP) is 0.199. The van der Waals surface area contributed by atoms with Crippen molar-refractivity contribution in [3.05, 3.63) is 30.4 Å². The number of aryl methyl sites for hydroxylation is 2. The average Bonchev–Trinajstić information content (AvgIpc) is 3.33. The van der Waals surface area contributed by atoms with Gasteiger partial charge >= 0.3 is 0 Å². The Morgan fingerprint density at radius 2 is 1.93 bits per heavy atom. The SMILES string of the molecule is CCn1cnnc1C(C(=O)NC12CC(C1)C2)N1CCN(C(=O)c2cncn2C)CC1. The van der Waals surface area contributed by atoms with Gasteiger partial charge in [-0.15, -0.1) is 10.2 Å². The number of piperazine rings is 1. The summed E-state index contributed by atoms with van der Waals surface area (Å²) in [6.45, 7) is 5.05. The zero-order valence-corrected chi connectivity index (χ0v) is 17.5. The average molecular weight is 412 g/mol. The van der Waals surface area contributed by atoms with Gasteiger partial charge in [0, 0.05) is 45.3 Å². The van der Waals surface area contributed by atoms with Gasteiger partial charge in [-0.25, -0.2) is 4.98 Å². The number of hydrogen-bond donors (Lipinski definition) is 1. The number of carbonyl (C=O) groups excluding carboxylic acids is 2. The highest BCUT2D eigenvalue weighted by Gasteiger charge is 2.58. The molecule has 160 valence electrons. The molecule has 0 aromatic carbocycles. The van der Waals surface area contributed by atoms with E-state index in [0.717, 1.165) is 25.2 Å². The summed E-state index contributed by atoms with van der Waals surface area (Å²) in [7, 11) is 1.82. The Hall–Kier alpha value is -2.75. The third-order valence-electron chi connectivity index (χ3n) is 6.91. The van der Waals surface area contributed by atoms with Gasteiger partial charge in [-0.2, -0.15) is 0 Å². The van der Waals surface area contributed by atoms with E-state index in [4.69, 9.17) is 0 Å². The maximum absolute atomic E-state index is 13.4. The third kappa shape index (κ3) is 3.10. The molecule has 2 bridgehead atoms. The summed E-state index contributed by atoms with van der Waals surface area (Å²) < 4.78 is 3.66. The van der Waals surface area contributed by atoms with Crippen LogP contribution in [0.1, 0.15) is 48.5 Å². The van der Waals surface area contributed by atoms with Crippen molar-refractivity contribution >= 4 is 11.8 Å². The molecule has 1 N–H and O–H groups in total. The number of aromatic nitrogens is 5. The first-order valence-corrected chi connectivity index (χ1v) is 10.7. The van der Waals surface area contributed by atoms with Crippen LogP contribution in [-0.4, -0.2) is 77.6 Å². The molecule has 0 radical (unpaired) electrons. The van der Waals surface area contributed by atoms with Crippen LogP contribution in [0.4, 0.5) is 0 Å². The second kappa shape index (κ2) is 7.19. The number of carbonyl (C=O) groups is 2. The molecule has 2 amide bonds. The number of hydrogen-bond acceptors (Lipinski definition) is 6. The van der Waals surface area contributed by atoms with Crippen molar-refractivity contribution in [1.82, 2.24) is 39.4 Å². The molecular formula is C20H28N8O2. The molecule has 4 fully saturated rings. The van der Waals surface area contributed by atoms with Gasteiger partial charge in [0.2, 0.25) is 5.91 Å². The van der Waals surface area contributed by atoms with Crippen LogP contribution in [0.15, 0.2) is 18.9 Å². The Morgan fingerprint density at radius 3 is 2.50 bits per heavy atom. The monoisotopic (exact) mass is 412 g/mol. The van der Waals surface area contributed by atoms with Crippen molar-refractivity contribution < 1.29 is 9.59 Å². The Labute approximate surface area is 175 Å². The maximum Gasteiger partial charge on any atom is 0.272 e. The highest BCUT2D eigenvalue weighted by molar-refractivity contribution is 5.92. The molecule has 1 atom stereocenters. The van der Waals surface area contributed by atoms with Crippen molar-refractivity contribution in [2.75, 3.05) is 26.2 Å². The summed E-state index contributed by atoms with van der Waals surface area (Å²) in [5.74, 6) is 1.45. The predicted molar refractivity (Wildman–Crippen MR) is 107 cm³/mol. The Morgan fingerprint density at radius 1 is 1.20 bits per heavy atom. The summed E-state index contributed by atoms with van der Waals surface area (Å²) in [5, 5.41) is 11.7. The molecule has 1 saturated heterocycles. The first-order chi connectivity index (χ1) is 14.5. The minimum Gasteiger partial charge on any atom is -0.349 e. The van der Waals surface area contributed by atoms with Gasteiger partial charge in [0.15, 0.2) is 11.9 Å². The molecule has 10 heteroatoms. The van der Waals surface area contributed by atoms with E-state index in [1.807, 2.05) is 23.4 Å². The van der Waals surface area contributed by atoms with E-state index in [1.54, 1.807) is 23.4 Å². The summed E-state index contributed by atoms with van der Waals surface area (Å²) >= 11 is 0. The third-order valence-corrected chi connectivity index (χ3v) is 6.91. The molecule has 1 aliphatic heterocycles. The highest BCUT2D eigenvalue weighted by Crippen LogP contribution is 2.57. The van der Waals surface area contributed by atoms with E-state index >= 15 is 0 Å². The second-order valence-corrected chi connectivity index (χ2v) is 8.84. The van der Waals surface area contributed by atoms with Crippen LogP contribution < -0.4 is 5.32 Å². The number of imidazole rings is 1. The minimum atomic E-state index is -0.490. The number of amides is 2. The number of rotatable bonds is 6. The van der Waals surface area contributed by atoms with Gasteiger partial charge in [-0.05, 0) is 32.1 Å². The van der Waals surface area contributed by atoms with E-state index in [9.17, 15) is 9.59 Å². The lowest BCUT2D eigenvalue weighted by molar-refractivity contribution is -0.139. The fourth-order valence-corrected chi connectivity index (χ4v) is 5.04. The van der Waals surface area contributed by atoms with Gasteiger partial charge in [0.1, 0.15) is 12.0 Å². The Balaban J connectivity index is 1.31. The lowest BCUT2D eigenvalue weighted by atomic mass is 9.50. The second-order valence-electron chi connectivity index (χ2n) is 8.84. The largest absolute Gasteiger partial charge is 0.349 e. The molecule has 3 heterocycles. The van der Waals surface area contributed by atoms with Crippen LogP contribution in [0.25, 0.3) is 0 Å². The fraction of sp³-hybridized carbons (Fsp3) is 0.650. The Kier molecular flexibility index (Phi) is 4.61. The summed E-state index contributed by atoms with van der Waals surface area (Å²) in [6.07, 6.45) is 8.19. The molecule has 2 aromatic heterocycles. The molecule has 10 nitrogen and oxygen atoms in total. The summed E-state index contributed by atoms with van der Waals surface area (Å²) in [5.41, 5.74) is 0.584. The molecule has 0 spiro atoms. The first kappa shape index (κ1) is 19.2. The summed E-state index contributed by atoms with van der Waals surface area (Å²) in [6, 6.07) is -0.490. The highest BCUT2D eigenvalue weighted by atomic mass is 16.2. The van der Waals surface area contributed by atoms with Crippen LogP contribution in [0.2, 0.25) is 0 Å². The molecular weight excluding hydrogens is 384 g/mol. The lowest BCUT2D eigenvalue weighted by Gasteiger charge is -2.62. The molecule has 30 heavy (non-hydrogen) atoms. The molecule has 4 aliphatic rings. The zero-order chi connectivity index (χ0) is 20.9. The minimum absolute atomic E-state index is 0.00209. The van der Waals surface area contributed by atoms with Gasteiger partial charge in [-0.3, -0.25) is 14.5 Å². The molecule has 2 aromatic rings. The van der Waals surface area contributed by atoms with E-state index in [0.29, 0.717) is 44.2 Å². The first-order valence-electron chi connectivity index (χ1n) is 10.7. The molecule has 3 saturated carbocycles. The van der Waals surface area contributed by atoms with E-state index < -0.39 is 6.04 Å². The van der Waals surface area contributed by atoms with Crippen molar-refractivity contribution in [3.8, 4) is 0 Å². The summed E-state index contributed by atoms with van der Waals surface area (Å²) in [4.78, 5) is 34.2. The van der Waals surface area contributed by atoms with Crippen molar-refractivity contribution in [2.24, 2.45) is 13.0 Å². The van der Waals surface area contributed by atoms with Gasteiger partial charge in [0.25, 0.3) is 5.91 Å². The molecule has 6 rings (SSSR count). The van der Waals surface area contributed by atoms with Gasteiger partial charge in [0.05, 0.1) is 12.5 Å². The van der Waals surface area contributed by atoms with Gasteiger partial charge in [-0.1, -0.05) is 0 Å². The van der Waals surface area contributed by atoms with Crippen LogP contribution in [0.3, 0.4) is 0 Å². The van der Waals surface area contributed by atoms with Crippen molar-refractivity contribution in [2.45, 2.75) is 44.3 Å². The van der Waals surface area contributed by atoms with Crippen LogP contribution in [-0.2, 0) is 18.4 Å². The van der Waals surface area contributed by atoms with Crippen LogP contribution in [0.5, 0.6) is 0 Å². The number of nitrogens with zero attached hydrogens (tertiary/aromatic N) is 7. The van der Waals surface area contributed by atoms with E-state index in [2.05, 4.69) is 25.4 Å². The molecule has 1 unspecified atom stereocenters. The zero-order valence-electron chi connectivity index (χ0n) is 17.5. The smallest absolute Gasteiger partial charge is 0.272 e. The van der Waals surface area contributed by atoms with Crippen molar-refractivity contribution in [1.29, 1.82) is 0 Å². The van der Waals surface area contributed by atoms with Gasteiger partial charge < -0.3 is 19.4 Å². The molecule has 3 aliphatic carbocycles. The van der Waals surface area contributed by atoms with Crippen LogP contribution >= 0.6 is 0 Å². The maximum atomic E-state index is 13.4. The van der Waals surface area contributed by atoms with E-state index in [1.165, 1.54) is 0 Å². The Bertz CT molecular complexity index is 941. The van der Waals surface area contributed by atoms with E-state index in [-0.39, 0.29) is 17.4 Å². The normalized spacial score (nSPS) is 26.6.